The summed E-state index contributed by atoms with van der Waals surface area (Å²) in [7, 11) is 0. The van der Waals surface area contributed by atoms with Gasteiger partial charge in [0.15, 0.2) is 0 Å². The molecule has 0 aromatic carbocycles. The fourth-order valence-electron chi connectivity index (χ4n) is 3.06. The summed E-state index contributed by atoms with van der Waals surface area (Å²) in [4.78, 5) is 0. The largest absolute Gasteiger partial charge is 0.396 e. The predicted molar refractivity (Wildman–Crippen MR) is 67.4 cm³/mol. The van der Waals surface area contributed by atoms with E-state index >= 15 is 0 Å². The Labute approximate surface area is 99.8 Å². The van der Waals surface area contributed by atoms with Crippen molar-refractivity contribution in [1.29, 1.82) is 0 Å². The van der Waals surface area contributed by atoms with Crippen LogP contribution in [0, 0.1) is 11.3 Å². The van der Waals surface area contributed by atoms with Gasteiger partial charge in [0.25, 0.3) is 0 Å². The fraction of sp³-hybridized carbons (Fsp3) is 1.00. The third-order valence-electron chi connectivity index (χ3n) is 4.55. The molecule has 2 aliphatic rings. The zero-order chi connectivity index (χ0) is 11.3. The minimum atomic E-state index is 0.365. The highest BCUT2D eigenvalue weighted by atomic mass is 16.3. The molecule has 0 amide bonds. The molecule has 0 aromatic rings. The van der Waals surface area contributed by atoms with E-state index in [4.69, 9.17) is 5.11 Å². The van der Waals surface area contributed by atoms with Crippen molar-refractivity contribution in [2.24, 2.45) is 11.3 Å². The van der Waals surface area contributed by atoms with Crippen molar-refractivity contribution in [1.82, 2.24) is 5.32 Å². The highest BCUT2D eigenvalue weighted by molar-refractivity contribution is 4.94. The molecule has 0 radical (unpaired) electrons. The van der Waals surface area contributed by atoms with Crippen molar-refractivity contribution < 1.29 is 5.11 Å². The fourth-order valence-corrected chi connectivity index (χ4v) is 3.06. The lowest BCUT2D eigenvalue weighted by Gasteiger charge is -2.22. The Balaban J connectivity index is 1.51. The summed E-state index contributed by atoms with van der Waals surface area (Å²) in [5.41, 5.74) is 0.487. The summed E-state index contributed by atoms with van der Waals surface area (Å²) in [5, 5.41) is 12.6. The Morgan fingerprint density at radius 3 is 2.50 bits per heavy atom. The first-order chi connectivity index (χ1) is 7.85. The van der Waals surface area contributed by atoms with Gasteiger partial charge in [-0.1, -0.05) is 32.1 Å². The standard InChI is InChI=1S/C14H27NO/c16-11-9-14(7-8-14)12-15-10-6-13-4-2-1-3-5-13/h13,15-16H,1-12H2. The predicted octanol–water partition coefficient (Wildman–Crippen LogP) is 2.71. The highest BCUT2D eigenvalue weighted by Gasteiger charge is 2.41. The summed E-state index contributed by atoms with van der Waals surface area (Å²) < 4.78 is 0. The van der Waals surface area contributed by atoms with Crippen LogP contribution in [0.4, 0.5) is 0 Å². The quantitative estimate of drug-likeness (QED) is 0.653. The van der Waals surface area contributed by atoms with Crippen molar-refractivity contribution in [3.8, 4) is 0 Å². The zero-order valence-corrected chi connectivity index (χ0v) is 10.5. The molecule has 2 nitrogen and oxygen atoms in total. The van der Waals surface area contributed by atoms with E-state index in [1.807, 2.05) is 0 Å². The van der Waals surface area contributed by atoms with Gasteiger partial charge in [-0.05, 0) is 43.6 Å². The second-order valence-corrected chi connectivity index (χ2v) is 5.94. The third-order valence-corrected chi connectivity index (χ3v) is 4.55. The second-order valence-electron chi connectivity index (χ2n) is 5.94. The minimum absolute atomic E-state index is 0.365. The summed E-state index contributed by atoms with van der Waals surface area (Å²) in [5.74, 6) is 0.995. The van der Waals surface area contributed by atoms with E-state index in [-0.39, 0.29) is 0 Å². The van der Waals surface area contributed by atoms with Gasteiger partial charge >= 0.3 is 0 Å². The van der Waals surface area contributed by atoms with Crippen LogP contribution < -0.4 is 5.32 Å². The molecular formula is C14H27NO. The third kappa shape index (κ3) is 3.74. The van der Waals surface area contributed by atoms with Gasteiger partial charge in [-0.15, -0.1) is 0 Å². The average Bonchev–Trinajstić information content (AvgIpc) is 3.07. The van der Waals surface area contributed by atoms with Crippen LogP contribution in [0.3, 0.4) is 0 Å². The van der Waals surface area contributed by atoms with Gasteiger partial charge in [0.1, 0.15) is 0 Å². The molecular weight excluding hydrogens is 198 g/mol. The number of hydrogen-bond donors (Lipinski definition) is 2. The maximum atomic E-state index is 8.97. The molecule has 16 heavy (non-hydrogen) atoms. The summed E-state index contributed by atoms with van der Waals surface area (Å²) >= 11 is 0. The lowest BCUT2D eigenvalue weighted by molar-refractivity contribution is 0.243. The van der Waals surface area contributed by atoms with Gasteiger partial charge in [-0.3, -0.25) is 0 Å². The number of rotatable bonds is 7. The van der Waals surface area contributed by atoms with Crippen molar-refractivity contribution in [2.45, 2.75) is 57.8 Å². The normalized spacial score (nSPS) is 24.6. The van der Waals surface area contributed by atoms with E-state index in [9.17, 15) is 0 Å². The van der Waals surface area contributed by atoms with Crippen molar-refractivity contribution in [3.63, 3.8) is 0 Å². The van der Waals surface area contributed by atoms with Crippen LogP contribution in [0.5, 0.6) is 0 Å². The highest BCUT2D eigenvalue weighted by Crippen LogP contribution is 2.47. The lowest BCUT2D eigenvalue weighted by atomic mass is 9.87. The summed E-state index contributed by atoms with van der Waals surface area (Å²) in [6.45, 7) is 2.70. The van der Waals surface area contributed by atoms with Gasteiger partial charge in [-0.2, -0.15) is 0 Å². The Bertz CT molecular complexity index is 195. The molecule has 0 bridgehead atoms. The van der Waals surface area contributed by atoms with Crippen LogP contribution in [0.1, 0.15) is 57.8 Å². The SMILES string of the molecule is OCCC1(CNCCC2CCCCC2)CC1. The monoisotopic (exact) mass is 225 g/mol. The molecule has 2 saturated carbocycles. The van der Waals surface area contributed by atoms with Gasteiger partial charge in [0.2, 0.25) is 0 Å². The van der Waals surface area contributed by atoms with E-state index in [1.54, 1.807) is 0 Å². The van der Waals surface area contributed by atoms with Crippen LogP contribution in [0.15, 0.2) is 0 Å². The molecule has 0 heterocycles. The number of nitrogens with one attached hydrogen (secondary N) is 1. The van der Waals surface area contributed by atoms with Gasteiger partial charge < -0.3 is 10.4 Å². The van der Waals surface area contributed by atoms with E-state index < -0.39 is 0 Å². The van der Waals surface area contributed by atoms with Gasteiger partial charge in [0.05, 0.1) is 0 Å². The van der Waals surface area contributed by atoms with Crippen molar-refractivity contribution in [2.75, 3.05) is 19.7 Å². The van der Waals surface area contributed by atoms with Crippen LogP contribution in [-0.2, 0) is 0 Å². The van der Waals surface area contributed by atoms with E-state index in [0.29, 0.717) is 12.0 Å². The molecule has 2 aliphatic carbocycles. The second kappa shape index (κ2) is 6.02. The van der Waals surface area contributed by atoms with Gasteiger partial charge in [-0.25, -0.2) is 0 Å². The number of hydrogen-bond acceptors (Lipinski definition) is 2. The summed E-state index contributed by atoms with van der Waals surface area (Å²) in [6.07, 6.45) is 12.3. The molecule has 0 atom stereocenters. The Morgan fingerprint density at radius 2 is 1.88 bits per heavy atom. The van der Waals surface area contributed by atoms with Crippen LogP contribution >= 0.6 is 0 Å². The molecule has 0 spiro atoms. The molecule has 94 valence electrons. The molecule has 0 saturated heterocycles. The molecule has 2 N–H and O–H groups in total. The van der Waals surface area contributed by atoms with E-state index in [1.165, 1.54) is 57.9 Å². The minimum Gasteiger partial charge on any atom is -0.396 e. The maximum Gasteiger partial charge on any atom is 0.0436 e. The molecule has 0 unspecified atom stereocenters. The molecule has 0 aromatic heterocycles. The van der Waals surface area contributed by atoms with Crippen molar-refractivity contribution in [3.05, 3.63) is 0 Å². The van der Waals surface area contributed by atoms with E-state index in [2.05, 4.69) is 5.32 Å². The molecule has 2 rings (SSSR count). The zero-order valence-electron chi connectivity index (χ0n) is 10.5. The Hall–Kier alpha value is -0.0800. The smallest absolute Gasteiger partial charge is 0.0436 e. The van der Waals surface area contributed by atoms with Crippen LogP contribution in [0.25, 0.3) is 0 Å². The Morgan fingerprint density at radius 1 is 1.12 bits per heavy atom. The average molecular weight is 225 g/mol. The molecule has 2 fully saturated rings. The first kappa shape index (κ1) is 12.4. The first-order valence-corrected chi connectivity index (χ1v) is 7.16. The maximum absolute atomic E-state index is 8.97. The van der Waals surface area contributed by atoms with Crippen LogP contribution in [-0.4, -0.2) is 24.8 Å². The Kier molecular flexibility index (Phi) is 4.66. The van der Waals surface area contributed by atoms with E-state index in [0.717, 1.165) is 18.9 Å². The van der Waals surface area contributed by atoms with Gasteiger partial charge in [0, 0.05) is 13.2 Å². The van der Waals surface area contributed by atoms with Crippen LogP contribution in [0.2, 0.25) is 0 Å². The molecule has 2 heteroatoms. The first-order valence-electron chi connectivity index (χ1n) is 7.16. The number of aliphatic hydroxyl groups excluding tert-OH is 1. The topological polar surface area (TPSA) is 32.3 Å². The molecule has 0 aliphatic heterocycles. The summed E-state index contributed by atoms with van der Waals surface area (Å²) in [6, 6.07) is 0. The number of aliphatic hydroxyl groups is 1. The van der Waals surface area contributed by atoms with Crippen molar-refractivity contribution >= 4 is 0 Å². The lowest BCUT2D eigenvalue weighted by Crippen LogP contribution is -2.27.